The van der Waals surface area contributed by atoms with E-state index in [-0.39, 0.29) is 17.9 Å². The highest BCUT2D eigenvalue weighted by Crippen LogP contribution is 2.19. The summed E-state index contributed by atoms with van der Waals surface area (Å²) in [6, 6.07) is 5.71. The van der Waals surface area contributed by atoms with Crippen LogP contribution in [0.1, 0.15) is 17.5 Å². The van der Waals surface area contributed by atoms with Crippen molar-refractivity contribution in [2.75, 3.05) is 6.54 Å². The highest BCUT2D eigenvalue weighted by Gasteiger charge is 2.31. The Morgan fingerprint density at radius 2 is 2.28 bits per heavy atom. The second kappa shape index (κ2) is 5.52. The van der Waals surface area contributed by atoms with E-state index in [1.807, 2.05) is 19.1 Å². The maximum absolute atomic E-state index is 11.6. The first-order valence-electron chi connectivity index (χ1n) is 5.89. The minimum atomic E-state index is -0.332. The standard InChI is InChI=1S/C13H15BrN2O2/c1-8-9(3-2-4-10(8)14)5-6-15-13(18)11-7-12(17)16-11/h2-4,11H,5-7H2,1H3,(H,15,18)(H,16,17). The fourth-order valence-corrected chi connectivity index (χ4v) is 2.29. The molecule has 1 saturated heterocycles. The smallest absolute Gasteiger partial charge is 0.243 e. The van der Waals surface area contributed by atoms with Gasteiger partial charge in [-0.2, -0.15) is 0 Å². The Kier molecular flexibility index (Phi) is 4.01. The van der Waals surface area contributed by atoms with E-state index in [9.17, 15) is 9.59 Å². The van der Waals surface area contributed by atoms with E-state index in [1.54, 1.807) is 0 Å². The number of nitrogens with one attached hydrogen (secondary N) is 2. The van der Waals surface area contributed by atoms with Gasteiger partial charge in [0.05, 0.1) is 6.42 Å². The van der Waals surface area contributed by atoms with E-state index in [4.69, 9.17) is 0 Å². The summed E-state index contributed by atoms with van der Waals surface area (Å²) in [7, 11) is 0. The molecule has 2 amide bonds. The summed E-state index contributed by atoms with van der Waals surface area (Å²) in [5.74, 6) is -0.153. The summed E-state index contributed by atoms with van der Waals surface area (Å²) in [4.78, 5) is 22.3. The molecular weight excluding hydrogens is 296 g/mol. The van der Waals surface area contributed by atoms with Crippen molar-refractivity contribution in [3.05, 3.63) is 33.8 Å². The van der Waals surface area contributed by atoms with Gasteiger partial charge in [-0.3, -0.25) is 9.59 Å². The number of hydrogen-bond donors (Lipinski definition) is 2. The van der Waals surface area contributed by atoms with Gasteiger partial charge in [0.15, 0.2) is 0 Å². The summed E-state index contributed by atoms with van der Waals surface area (Å²) >= 11 is 3.48. The zero-order chi connectivity index (χ0) is 13.1. The maximum atomic E-state index is 11.6. The number of β-lactam (4-membered cyclic amide) rings is 1. The van der Waals surface area contributed by atoms with Crippen molar-refractivity contribution >= 4 is 27.7 Å². The Hall–Kier alpha value is -1.36. The monoisotopic (exact) mass is 310 g/mol. The number of halogens is 1. The van der Waals surface area contributed by atoms with Gasteiger partial charge in [0, 0.05) is 11.0 Å². The van der Waals surface area contributed by atoms with E-state index in [0.29, 0.717) is 13.0 Å². The fraction of sp³-hybridized carbons (Fsp3) is 0.385. The van der Waals surface area contributed by atoms with Crippen LogP contribution in [-0.4, -0.2) is 24.4 Å². The molecule has 2 rings (SSSR count). The van der Waals surface area contributed by atoms with Gasteiger partial charge in [0.25, 0.3) is 0 Å². The minimum absolute atomic E-state index is 0.0574. The largest absolute Gasteiger partial charge is 0.354 e. The third kappa shape index (κ3) is 2.90. The van der Waals surface area contributed by atoms with Crippen molar-refractivity contribution in [3.8, 4) is 0 Å². The maximum Gasteiger partial charge on any atom is 0.243 e. The average molecular weight is 311 g/mol. The van der Waals surface area contributed by atoms with Gasteiger partial charge in [0.2, 0.25) is 11.8 Å². The molecular formula is C13H15BrN2O2. The molecule has 1 fully saturated rings. The lowest BCUT2D eigenvalue weighted by Crippen LogP contribution is -2.57. The van der Waals surface area contributed by atoms with Gasteiger partial charge < -0.3 is 10.6 Å². The zero-order valence-corrected chi connectivity index (χ0v) is 11.7. The van der Waals surface area contributed by atoms with Crippen molar-refractivity contribution in [1.29, 1.82) is 0 Å². The Balaban J connectivity index is 1.80. The minimum Gasteiger partial charge on any atom is -0.354 e. The first-order chi connectivity index (χ1) is 8.58. The highest BCUT2D eigenvalue weighted by molar-refractivity contribution is 9.10. The van der Waals surface area contributed by atoms with E-state index < -0.39 is 0 Å². The second-order valence-electron chi connectivity index (χ2n) is 4.39. The molecule has 1 unspecified atom stereocenters. The van der Waals surface area contributed by atoms with Crippen molar-refractivity contribution < 1.29 is 9.59 Å². The van der Waals surface area contributed by atoms with Gasteiger partial charge in [-0.15, -0.1) is 0 Å². The molecule has 1 aromatic rings. The highest BCUT2D eigenvalue weighted by atomic mass is 79.9. The molecule has 0 bridgehead atoms. The summed E-state index contributed by atoms with van der Waals surface area (Å²) in [5.41, 5.74) is 2.41. The van der Waals surface area contributed by atoms with Crippen LogP contribution in [0.5, 0.6) is 0 Å². The molecule has 0 aromatic heterocycles. The Labute approximate surface area is 114 Å². The molecule has 0 aliphatic carbocycles. The molecule has 1 aromatic carbocycles. The molecule has 5 heteroatoms. The van der Waals surface area contributed by atoms with Crippen molar-refractivity contribution in [2.24, 2.45) is 0 Å². The van der Waals surface area contributed by atoms with Crippen LogP contribution in [0.4, 0.5) is 0 Å². The predicted octanol–water partition coefficient (Wildman–Crippen LogP) is 1.30. The molecule has 1 heterocycles. The van der Waals surface area contributed by atoms with Crippen LogP contribution in [0.25, 0.3) is 0 Å². The lowest BCUT2D eigenvalue weighted by molar-refractivity contribution is -0.137. The second-order valence-corrected chi connectivity index (χ2v) is 5.24. The third-order valence-electron chi connectivity index (χ3n) is 3.11. The van der Waals surface area contributed by atoms with E-state index in [1.165, 1.54) is 11.1 Å². The molecule has 2 N–H and O–H groups in total. The molecule has 96 valence electrons. The molecule has 4 nitrogen and oxygen atoms in total. The van der Waals surface area contributed by atoms with Crippen LogP contribution in [0.3, 0.4) is 0 Å². The van der Waals surface area contributed by atoms with Crippen molar-refractivity contribution in [1.82, 2.24) is 10.6 Å². The summed E-state index contributed by atoms with van der Waals surface area (Å²) < 4.78 is 1.08. The average Bonchev–Trinajstić information content (AvgIpc) is 2.30. The third-order valence-corrected chi connectivity index (χ3v) is 3.97. The van der Waals surface area contributed by atoms with E-state index in [2.05, 4.69) is 32.6 Å². The number of carbonyl (C=O) groups excluding carboxylic acids is 2. The summed E-state index contributed by atoms with van der Waals surface area (Å²) in [5, 5.41) is 5.38. The number of amides is 2. The van der Waals surface area contributed by atoms with Crippen LogP contribution in [0, 0.1) is 6.92 Å². The van der Waals surface area contributed by atoms with Crippen LogP contribution >= 0.6 is 15.9 Å². The fourth-order valence-electron chi connectivity index (χ4n) is 1.88. The number of carbonyl (C=O) groups is 2. The van der Waals surface area contributed by atoms with Gasteiger partial charge in [-0.1, -0.05) is 28.1 Å². The van der Waals surface area contributed by atoms with Gasteiger partial charge in [-0.25, -0.2) is 0 Å². The molecule has 1 atom stereocenters. The number of benzene rings is 1. The van der Waals surface area contributed by atoms with Crippen LogP contribution in [-0.2, 0) is 16.0 Å². The van der Waals surface area contributed by atoms with Crippen molar-refractivity contribution in [3.63, 3.8) is 0 Å². The summed E-state index contributed by atoms with van der Waals surface area (Å²) in [6.45, 7) is 2.63. The first kappa shape index (κ1) is 13.1. The molecule has 1 aliphatic rings. The van der Waals surface area contributed by atoms with E-state index in [0.717, 1.165) is 10.9 Å². The van der Waals surface area contributed by atoms with Crippen LogP contribution in [0.15, 0.2) is 22.7 Å². The Morgan fingerprint density at radius 1 is 1.56 bits per heavy atom. The van der Waals surface area contributed by atoms with Crippen LogP contribution < -0.4 is 10.6 Å². The molecule has 18 heavy (non-hydrogen) atoms. The SMILES string of the molecule is Cc1c(Br)cccc1CCNC(=O)C1CC(=O)N1. The Morgan fingerprint density at radius 3 is 2.94 bits per heavy atom. The molecule has 0 saturated carbocycles. The normalized spacial score (nSPS) is 17.9. The molecule has 1 aliphatic heterocycles. The summed E-state index contributed by atoms with van der Waals surface area (Å²) in [6.07, 6.45) is 1.10. The number of rotatable bonds is 4. The van der Waals surface area contributed by atoms with Gasteiger partial charge in [0.1, 0.15) is 6.04 Å². The van der Waals surface area contributed by atoms with Gasteiger partial charge >= 0.3 is 0 Å². The zero-order valence-electron chi connectivity index (χ0n) is 10.1. The molecule has 0 spiro atoms. The van der Waals surface area contributed by atoms with E-state index >= 15 is 0 Å². The van der Waals surface area contributed by atoms with Crippen molar-refractivity contribution in [2.45, 2.75) is 25.8 Å². The first-order valence-corrected chi connectivity index (χ1v) is 6.68. The lowest BCUT2D eigenvalue weighted by Gasteiger charge is -2.25. The Bertz CT molecular complexity index is 480. The number of hydrogen-bond acceptors (Lipinski definition) is 2. The van der Waals surface area contributed by atoms with Crippen LogP contribution in [0.2, 0.25) is 0 Å². The quantitative estimate of drug-likeness (QED) is 0.824. The predicted molar refractivity (Wildman–Crippen MR) is 72.1 cm³/mol. The topological polar surface area (TPSA) is 58.2 Å². The van der Waals surface area contributed by atoms with Gasteiger partial charge in [-0.05, 0) is 30.5 Å². The molecule has 0 radical (unpaired) electrons. The lowest BCUT2D eigenvalue weighted by atomic mass is 10.0.